The van der Waals surface area contributed by atoms with Gasteiger partial charge in [0.15, 0.2) is 11.5 Å². The molecule has 0 atom stereocenters. The molecule has 134 valence electrons. The summed E-state index contributed by atoms with van der Waals surface area (Å²) in [5.41, 5.74) is 2.01. The van der Waals surface area contributed by atoms with Gasteiger partial charge in [0.2, 0.25) is 0 Å². The van der Waals surface area contributed by atoms with Crippen molar-refractivity contribution in [2.75, 3.05) is 19.5 Å². The molecule has 1 heterocycles. The third-order valence-electron chi connectivity index (χ3n) is 3.87. The minimum atomic E-state index is -0.392. The minimum Gasteiger partial charge on any atom is -0.493 e. The van der Waals surface area contributed by atoms with Gasteiger partial charge in [0.05, 0.1) is 19.1 Å². The maximum Gasteiger partial charge on any atom is 0.269 e. The number of methoxy groups -OCH3 is 2. The summed E-state index contributed by atoms with van der Waals surface area (Å²) in [6, 6.07) is 16.4. The number of nitrogens with one attached hydrogen (secondary N) is 1. The van der Waals surface area contributed by atoms with Crippen LogP contribution in [-0.4, -0.2) is 19.1 Å². The molecule has 7 heteroatoms. The van der Waals surface area contributed by atoms with Crippen LogP contribution < -0.4 is 14.8 Å². The normalized spacial score (nSPS) is 10.4. The van der Waals surface area contributed by atoms with E-state index in [1.54, 1.807) is 37.7 Å². The van der Waals surface area contributed by atoms with Gasteiger partial charge in [0.1, 0.15) is 0 Å². The van der Waals surface area contributed by atoms with Gasteiger partial charge in [-0.05, 0) is 42.0 Å². The Kier molecular flexibility index (Phi) is 5.38. The first-order valence-corrected chi connectivity index (χ1v) is 8.72. The summed E-state index contributed by atoms with van der Waals surface area (Å²) in [7, 11) is 3.22. The zero-order chi connectivity index (χ0) is 18.5. The number of nitro benzene ring substituents is 1. The van der Waals surface area contributed by atoms with Gasteiger partial charge >= 0.3 is 0 Å². The molecule has 3 rings (SSSR count). The van der Waals surface area contributed by atoms with Gasteiger partial charge in [-0.2, -0.15) is 0 Å². The molecule has 26 heavy (non-hydrogen) atoms. The van der Waals surface area contributed by atoms with Crippen molar-refractivity contribution < 1.29 is 14.4 Å². The first-order valence-electron chi connectivity index (χ1n) is 7.90. The van der Waals surface area contributed by atoms with E-state index in [0.29, 0.717) is 18.0 Å². The van der Waals surface area contributed by atoms with E-state index in [9.17, 15) is 10.1 Å². The molecule has 3 aromatic rings. The summed E-state index contributed by atoms with van der Waals surface area (Å²) in [5.74, 6) is 1.37. The SMILES string of the molecule is COc1ccc(NCc2ccc(-c3ccc([N+](=O)[O-])cc3)s2)cc1OC. The zero-order valence-corrected chi connectivity index (χ0v) is 15.2. The van der Waals surface area contributed by atoms with Crippen molar-refractivity contribution in [3.05, 3.63) is 69.6 Å². The molecule has 0 aliphatic heterocycles. The standard InChI is InChI=1S/C19H18N2O4S/c1-24-17-9-5-14(11-18(17)25-2)20-12-16-8-10-19(26-16)13-3-6-15(7-4-13)21(22)23/h3-11,20H,12H2,1-2H3. The summed E-state index contributed by atoms with van der Waals surface area (Å²) in [5, 5.41) is 14.1. The minimum absolute atomic E-state index is 0.0978. The van der Waals surface area contributed by atoms with Gasteiger partial charge in [-0.3, -0.25) is 10.1 Å². The third-order valence-corrected chi connectivity index (χ3v) is 5.01. The Labute approximate surface area is 155 Å². The topological polar surface area (TPSA) is 73.6 Å². The number of hydrogen-bond acceptors (Lipinski definition) is 6. The molecule has 0 spiro atoms. The number of rotatable bonds is 7. The Bertz CT molecular complexity index is 906. The van der Waals surface area contributed by atoms with Crippen molar-refractivity contribution >= 4 is 22.7 Å². The summed E-state index contributed by atoms with van der Waals surface area (Å²) in [4.78, 5) is 12.6. The van der Waals surface area contributed by atoms with Crippen molar-refractivity contribution in [1.29, 1.82) is 0 Å². The Morgan fingerprint density at radius 1 is 1.00 bits per heavy atom. The van der Waals surface area contributed by atoms with E-state index >= 15 is 0 Å². The number of benzene rings is 2. The molecule has 0 amide bonds. The van der Waals surface area contributed by atoms with Gasteiger partial charge < -0.3 is 14.8 Å². The molecule has 1 N–H and O–H groups in total. The van der Waals surface area contributed by atoms with Crippen molar-refractivity contribution in [2.24, 2.45) is 0 Å². The van der Waals surface area contributed by atoms with Crippen molar-refractivity contribution in [3.8, 4) is 21.9 Å². The molecule has 0 radical (unpaired) electrons. The fourth-order valence-corrected chi connectivity index (χ4v) is 3.46. The van der Waals surface area contributed by atoms with Crippen LogP contribution in [-0.2, 0) is 6.54 Å². The van der Waals surface area contributed by atoms with E-state index < -0.39 is 4.92 Å². The van der Waals surface area contributed by atoms with Gasteiger partial charge in [-0.1, -0.05) is 0 Å². The van der Waals surface area contributed by atoms with Crippen LogP contribution in [0, 0.1) is 10.1 Å². The van der Waals surface area contributed by atoms with Crippen LogP contribution in [0.2, 0.25) is 0 Å². The first kappa shape index (κ1) is 17.8. The van der Waals surface area contributed by atoms with Gasteiger partial charge in [-0.15, -0.1) is 11.3 Å². The predicted octanol–water partition coefficient (Wildman–Crippen LogP) is 4.95. The summed E-state index contributed by atoms with van der Waals surface area (Å²) in [6.45, 7) is 0.674. The highest BCUT2D eigenvalue weighted by molar-refractivity contribution is 7.15. The monoisotopic (exact) mass is 370 g/mol. The molecule has 0 bridgehead atoms. The number of non-ortho nitro benzene ring substituents is 1. The fourth-order valence-electron chi connectivity index (χ4n) is 2.51. The van der Waals surface area contributed by atoms with Gasteiger partial charge in [0, 0.05) is 40.2 Å². The van der Waals surface area contributed by atoms with Crippen LogP contribution in [0.5, 0.6) is 11.5 Å². The second-order valence-corrected chi connectivity index (χ2v) is 6.66. The van der Waals surface area contributed by atoms with E-state index in [4.69, 9.17) is 9.47 Å². The number of thiophene rings is 1. The smallest absolute Gasteiger partial charge is 0.269 e. The number of nitro groups is 1. The van der Waals surface area contributed by atoms with E-state index in [1.807, 2.05) is 24.3 Å². The lowest BCUT2D eigenvalue weighted by molar-refractivity contribution is -0.384. The molecule has 0 fully saturated rings. The quantitative estimate of drug-likeness (QED) is 0.470. The van der Waals surface area contributed by atoms with Crippen molar-refractivity contribution in [2.45, 2.75) is 6.54 Å². The average Bonchev–Trinajstić information content (AvgIpc) is 3.15. The summed E-state index contributed by atoms with van der Waals surface area (Å²) < 4.78 is 10.5. The maximum absolute atomic E-state index is 10.7. The van der Waals surface area contributed by atoms with Crippen LogP contribution in [0.1, 0.15) is 4.88 Å². The fraction of sp³-hybridized carbons (Fsp3) is 0.158. The summed E-state index contributed by atoms with van der Waals surface area (Å²) in [6.07, 6.45) is 0. The molecule has 6 nitrogen and oxygen atoms in total. The maximum atomic E-state index is 10.7. The largest absolute Gasteiger partial charge is 0.493 e. The number of nitrogens with zero attached hydrogens (tertiary/aromatic N) is 1. The highest BCUT2D eigenvalue weighted by Crippen LogP contribution is 2.32. The third kappa shape index (κ3) is 3.94. The highest BCUT2D eigenvalue weighted by Gasteiger charge is 2.08. The van der Waals surface area contributed by atoms with Crippen LogP contribution in [0.4, 0.5) is 11.4 Å². The Hall–Kier alpha value is -3.06. The van der Waals surface area contributed by atoms with E-state index in [1.165, 1.54) is 12.1 Å². The van der Waals surface area contributed by atoms with E-state index in [0.717, 1.165) is 21.0 Å². The Morgan fingerprint density at radius 3 is 2.38 bits per heavy atom. The first-order chi connectivity index (χ1) is 12.6. The number of ether oxygens (including phenoxy) is 2. The Morgan fingerprint density at radius 2 is 1.73 bits per heavy atom. The van der Waals surface area contributed by atoms with E-state index in [-0.39, 0.29) is 5.69 Å². The number of hydrogen-bond donors (Lipinski definition) is 1. The number of anilines is 1. The van der Waals surface area contributed by atoms with Crippen LogP contribution in [0.3, 0.4) is 0 Å². The molecule has 0 aliphatic rings. The van der Waals surface area contributed by atoms with Crippen LogP contribution in [0.25, 0.3) is 10.4 Å². The van der Waals surface area contributed by atoms with Crippen LogP contribution >= 0.6 is 11.3 Å². The van der Waals surface area contributed by atoms with Crippen LogP contribution in [0.15, 0.2) is 54.6 Å². The molecule has 0 saturated heterocycles. The lowest BCUT2D eigenvalue weighted by Crippen LogP contribution is -1.98. The molecule has 1 aromatic heterocycles. The average molecular weight is 370 g/mol. The van der Waals surface area contributed by atoms with E-state index in [2.05, 4.69) is 11.4 Å². The predicted molar refractivity (Wildman–Crippen MR) is 103 cm³/mol. The summed E-state index contributed by atoms with van der Waals surface area (Å²) >= 11 is 1.65. The zero-order valence-electron chi connectivity index (χ0n) is 14.4. The lowest BCUT2D eigenvalue weighted by Gasteiger charge is -2.10. The second kappa shape index (κ2) is 7.88. The molecule has 0 aliphatic carbocycles. The van der Waals surface area contributed by atoms with Crippen molar-refractivity contribution in [3.63, 3.8) is 0 Å². The van der Waals surface area contributed by atoms with Gasteiger partial charge in [0.25, 0.3) is 5.69 Å². The second-order valence-electron chi connectivity index (χ2n) is 5.49. The molecule has 0 unspecified atom stereocenters. The molecule has 0 saturated carbocycles. The lowest BCUT2D eigenvalue weighted by atomic mass is 10.2. The molecular formula is C19H18N2O4S. The van der Waals surface area contributed by atoms with Crippen molar-refractivity contribution in [1.82, 2.24) is 0 Å². The molecule has 2 aromatic carbocycles. The highest BCUT2D eigenvalue weighted by atomic mass is 32.1. The Balaban J connectivity index is 1.68. The van der Waals surface area contributed by atoms with Gasteiger partial charge in [-0.25, -0.2) is 0 Å². The molecular weight excluding hydrogens is 352 g/mol.